The molecule has 0 bridgehead atoms. The van der Waals surface area contributed by atoms with Gasteiger partial charge in [-0.3, -0.25) is 4.79 Å². The number of benzene rings is 1. The largest absolute Gasteiger partial charge is 0.508 e. The van der Waals surface area contributed by atoms with Crippen LogP contribution >= 0.6 is 15.9 Å². The molecule has 0 aliphatic carbocycles. The fourth-order valence-corrected chi connectivity index (χ4v) is 1.75. The highest BCUT2D eigenvalue weighted by Gasteiger charge is 2.14. The highest BCUT2D eigenvalue weighted by molar-refractivity contribution is 9.09. The molecule has 0 spiro atoms. The molecule has 0 fully saturated rings. The minimum absolute atomic E-state index is 0.0533. The molecule has 1 aromatic rings. The Kier molecular flexibility index (Phi) is 4.80. The van der Waals surface area contributed by atoms with Crippen molar-refractivity contribution in [3.63, 3.8) is 0 Å². The lowest BCUT2D eigenvalue weighted by Gasteiger charge is -2.23. The van der Waals surface area contributed by atoms with Gasteiger partial charge in [-0.15, -0.1) is 0 Å². The number of nitrogens with zero attached hydrogens (tertiary/aromatic N) is 1. The number of carbonyl (C=O) groups is 1. The predicted octanol–water partition coefficient (Wildman–Crippen LogP) is 2.18. The van der Waals surface area contributed by atoms with Gasteiger partial charge in [-0.25, -0.2) is 0 Å². The molecule has 1 aromatic carbocycles. The fourth-order valence-electron chi connectivity index (χ4n) is 1.32. The monoisotopic (exact) mass is 285 g/mol. The van der Waals surface area contributed by atoms with E-state index in [4.69, 9.17) is 0 Å². The second-order valence-electron chi connectivity index (χ2n) is 3.85. The first-order valence-corrected chi connectivity index (χ1v) is 6.26. The molecular formula is C12H16BrNO2. The summed E-state index contributed by atoms with van der Waals surface area (Å²) >= 11 is 3.35. The second kappa shape index (κ2) is 5.89. The standard InChI is InChI=1S/C12H16BrNO2/c1-9(8-13)14(2)12(16)7-10-4-3-5-11(15)6-10/h3-6,9,15H,7-8H2,1-2H3. The molecule has 0 radical (unpaired) electrons. The molecule has 3 nitrogen and oxygen atoms in total. The van der Waals surface area contributed by atoms with E-state index in [0.717, 1.165) is 10.9 Å². The van der Waals surface area contributed by atoms with Gasteiger partial charge in [0.1, 0.15) is 5.75 Å². The van der Waals surface area contributed by atoms with E-state index in [1.807, 2.05) is 13.0 Å². The molecule has 1 amide bonds. The van der Waals surface area contributed by atoms with E-state index >= 15 is 0 Å². The molecule has 1 unspecified atom stereocenters. The first-order valence-electron chi connectivity index (χ1n) is 5.14. The van der Waals surface area contributed by atoms with Crippen LogP contribution in [0.1, 0.15) is 12.5 Å². The van der Waals surface area contributed by atoms with Crippen molar-refractivity contribution in [3.8, 4) is 5.75 Å². The van der Waals surface area contributed by atoms with Gasteiger partial charge in [-0.05, 0) is 24.6 Å². The van der Waals surface area contributed by atoms with E-state index in [9.17, 15) is 9.90 Å². The number of phenolic OH excluding ortho intramolecular Hbond substituents is 1. The van der Waals surface area contributed by atoms with Crippen LogP contribution in [-0.2, 0) is 11.2 Å². The van der Waals surface area contributed by atoms with Crippen LogP contribution in [-0.4, -0.2) is 34.3 Å². The molecule has 88 valence electrons. The summed E-state index contributed by atoms with van der Waals surface area (Å²) in [6, 6.07) is 6.96. The number of alkyl halides is 1. The third-order valence-corrected chi connectivity index (χ3v) is 3.48. The summed E-state index contributed by atoms with van der Waals surface area (Å²) in [5, 5.41) is 10.0. The van der Waals surface area contributed by atoms with Crippen molar-refractivity contribution in [2.24, 2.45) is 0 Å². The lowest BCUT2D eigenvalue weighted by atomic mass is 10.1. The molecule has 1 atom stereocenters. The van der Waals surface area contributed by atoms with E-state index in [1.54, 1.807) is 30.1 Å². The van der Waals surface area contributed by atoms with E-state index in [1.165, 1.54) is 0 Å². The molecule has 0 heterocycles. The SMILES string of the molecule is CC(CBr)N(C)C(=O)Cc1cccc(O)c1. The van der Waals surface area contributed by atoms with Crippen molar-refractivity contribution in [1.82, 2.24) is 4.90 Å². The second-order valence-corrected chi connectivity index (χ2v) is 4.50. The van der Waals surface area contributed by atoms with E-state index in [2.05, 4.69) is 15.9 Å². The maximum Gasteiger partial charge on any atom is 0.227 e. The summed E-state index contributed by atoms with van der Waals surface area (Å²) in [6.45, 7) is 1.98. The molecule has 0 aromatic heterocycles. The Morgan fingerprint density at radius 1 is 1.56 bits per heavy atom. The molecule has 0 saturated heterocycles. The summed E-state index contributed by atoms with van der Waals surface area (Å²) in [6.07, 6.45) is 0.322. The van der Waals surface area contributed by atoms with Crippen LogP contribution in [0.3, 0.4) is 0 Å². The van der Waals surface area contributed by atoms with Gasteiger partial charge < -0.3 is 10.0 Å². The zero-order valence-corrected chi connectivity index (χ0v) is 11.1. The maximum atomic E-state index is 11.8. The minimum atomic E-state index is 0.0533. The van der Waals surface area contributed by atoms with Gasteiger partial charge in [0, 0.05) is 18.4 Å². The zero-order chi connectivity index (χ0) is 12.1. The summed E-state index contributed by atoms with van der Waals surface area (Å²) in [5.74, 6) is 0.249. The maximum absolute atomic E-state index is 11.8. The average Bonchev–Trinajstić information content (AvgIpc) is 2.27. The van der Waals surface area contributed by atoms with Crippen LogP contribution in [0, 0.1) is 0 Å². The van der Waals surface area contributed by atoms with Crippen LogP contribution in [0.15, 0.2) is 24.3 Å². The fraction of sp³-hybridized carbons (Fsp3) is 0.417. The Hall–Kier alpha value is -1.03. The van der Waals surface area contributed by atoms with Gasteiger partial charge in [-0.2, -0.15) is 0 Å². The lowest BCUT2D eigenvalue weighted by Crippen LogP contribution is -2.37. The Balaban J connectivity index is 2.64. The molecule has 0 aliphatic heterocycles. The van der Waals surface area contributed by atoms with Gasteiger partial charge in [0.25, 0.3) is 0 Å². The predicted molar refractivity (Wildman–Crippen MR) is 67.8 cm³/mol. The quantitative estimate of drug-likeness (QED) is 0.862. The van der Waals surface area contributed by atoms with Crippen LogP contribution < -0.4 is 0 Å². The third-order valence-electron chi connectivity index (χ3n) is 2.54. The van der Waals surface area contributed by atoms with Gasteiger partial charge >= 0.3 is 0 Å². The number of amides is 1. The molecular weight excluding hydrogens is 270 g/mol. The van der Waals surface area contributed by atoms with Crippen LogP contribution in [0.4, 0.5) is 0 Å². The topological polar surface area (TPSA) is 40.5 Å². The zero-order valence-electron chi connectivity index (χ0n) is 9.48. The number of hydrogen-bond acceptors (Lipinski definition) is 2. The molecule has 1 N–H and O–H groups in total. The molecule has 0 aliphatic rings. The van der Waals surface area contributed by atoms with E-state index in [0.29, 0.717) is 6.42 Å². The van der Waals surface area contributed by atoms with E-state index in [-0.39, 0.29) is 17.7 Å². The third kappa shape index (κ3) is 3.52. The Bertz CT molecular complexity index is 368. The van der Waals surface area contributed by atoms with Crippen LogP contribution in [0.5, 0.6) is 5.75 Å². The summed E-state index contributed by atoms with van der Waals surface area (Å²) in [4.78, 5) is 13.6. The Morgan fingerprint density at radius 3 is 2.81 bits per heavy atom. The highest BCUT2D eigenvalue weighted by Crippen LogP contribution is 2.12. The van der Waals surface area contributed by atoms with Crippen LogP contribution in [0.2, 0.25) is 0 Å². The highest BCUT2D eigenvalue weighted by atomic mass is 79.9. The Labute approximate surface area is 104 Å². The number of aromatic hydroxyl groups is 1. The summed E-state index contributed by atoms with van der Waals surface area (Å²) in [5.41, 5.74) is 0.832. The van der Waals surface area contributed by atoms with Crippen molar-refractivity contribution in [2.45, 2.75) is 19.4 Å². The molecule has 4 heteroatoms. The molecule has 16 heavy (non-hydrogen) atoms. The van der Waals surface area contributed by atoms with Crippen LogP contribution in [0.25, 0.3) is 0 Å². The van der Waals surface area contributed by atoms with Gasteiger partial charge in [0.15, 0.2) is 0 Å². The molecule has 1 rings (SSSR count). The van der Waals surface area contributed by atoms with Gasteiger partial charge in [0.2, 0.25) is 5.91 Å². The number of carbonyl (C=O) groups excluding carboxylic acids is 1. The number of phenols is 1. The first kappa shape index (κ1) is 13.0. The summed E-state index contributed by atoms with van der Waals surface area (Å²) in [7, 11) is 1.79. The van der Waals surface area contributed by atoms with Crippen molar-refractivity contribution in [2.75, 3.05) is 12.4 Å². The van der Waals surface area contributed by atoms with Gasteiger partial charge in [-0.1, -0.05) is 28.1 Å². The van der Waals surface area contributed by atoms with E-state index < -0.39 is 0 Å². The normalized spacial score (nSPS) is 12.2. The van der Waals surface area contributed by atoms with Gasteiger partial charge in [0.05, 0.1) is 6.42 Å². The average molecular weight is 286 g/mol. The van der Waals surface area contributed by atoms with Crippen molar-refractivity contribution < 1.29 is 9.90 Å². The Morgan fingerprint density at radius 2 is 2.25 bits per heavy atom. The van der Waals surface area contributed by atoms with Crippen molar-refractivity contribution >= 4 is 21.8 Å². The van der Waals surface area contributed by atoms with Crippen molar-refractivity contribution in [1.29, 1.82) is 0 Å². The number of hydrogen-bond donors (Lipinski definition) is 1. The number of rotatable bonds is 4. The lowest BCUT2D eigenvalue weighted by molar-refractivity contribution is -0.130. The van der Waals surface area contributed by atoms with Crippen molar-refractivity contribution in [3.05, 3.63) is 29.8 Å². The first-order chi connectivity index (χ1) is 7.54. The minimum Gasteiger partial charge on any atom is -0.508 e. The number of likely N-dealkylation sites (N-methyl/N-ethyl adjacent to an activating group) is 1. The smallest absolute Gasteiger partial charge is 0.227 e. The number of halogens is 1. The summed E-state index contributed by atoms with van der Waals surface area (Å²) < 4.78 is 0. The molecule has 0 saturated carbocycles.